The fourth-order valence-electron chi connectivity index (χ4n) is 1.70. The normalized spacial score (nSPS) is 12.5. The summed E-state index contributed by atoms with van der Waals surface area (Å²) in [4.78, 5) is 5.69. The quantitative estimate of drug-likeness (QED) is 0.782. The molecule has 1 aromatic heterocycles. The number of anilines is 2. The molecule has 0 fully saturated rings. The van der Waals surface area contributed by atoms with Crippen LogP contribution in [0.15, 0.2) is 17.1 Å². The molecule has 1 aromatic carbocycles. The van der Waals surface area contributed by atoms with Crippen molar-refractivity contribution in [3.8, 4) is 0 Å². The SMILES string of the molecule is Cl.Cn1nc2c(n1)C(N)=Nc1cc(Cl)c(Cl)cc1N2. The molecule has 0 bridgehead atoms. The van der Waals surface area contributed by atoms with Gasteiger partial charge in [0.2, 0.25) is 0 Å². The smallest absolute Gasteiger partial charge is 0.184 e. The molecule has 1 aliphatic heterocycles. The second kappa shape index (κ2) is 4.88. The highest BCUT2D eigenvalue weighted by Gasteiger charge is 2.20. The summed E-state index contributed by atoms with van der Waals surface area (Å²) < 4.78 is 0. The summed E-state index contributed by atoms with van der Waals surface area (Å²) >= 11 is 11.9. The van der Waals surface area contributed by atoms with Crippen molar-refractivity contribution >= 4 is 58.6 Å². The van der Waals surface area contributed by atoms with Crippen LogP contribution in [0.2, 0.25) is 10.0 Å². The minimum absolute atomic E-state index is 0. The van der Waals surface area contributed by atoms with Gasteiger partial charge in [-0.05, 0) is 12.1 Å². The van der Waals surface area contributed by atoms with Gasteiger partial charge in [-0.15, -0.1) is 22.6 Å². The van der Waals surface area contributed by atoms with Crippen molar-refractivity contribution in [2.45, 2.75) is 0 Å². The first-order valence-corrected chi connectivity index (χ1v) is 5.82. The molecule has 0 radical (unpaired) electrons. The first-order chi connectivity index (χ1) is 8.54. The number of hydrogen-bond donors (Lipinski definition) is 2. The lowest BCUT2D eigenvalue weighted by molar-refractivity contribution is 0.654. The lowest BCUT2D eigenvalue weighted by Crippen LogP contribution is -2.14. The summed E-state index contributed by atoms with van der Waals surface area (Å²) in [5.41, 5.74) is 7.67. The molecule has 0 spiro atoms. The summed E-state index contributed by atoms with van der Waals surface area (Å²) in [7, 11) is 1.71. The van der Waals surface area contributed by atoms with Gasteiger partial charge in [0.25, 0.3) is 0 Å². The van der Waals surface area contributed by atoms with Gasteiger partial charge in [0, 0.05) is 7.05 Å². The van der Waals surface area contributed by atoms with E-state index in [1.54, 1.807) is 19.2 Å². The molecule has 0 aliphatic carbocycles. The highest BCUT2D eigenvalue weighted by atomic mass is 35.5. The molecule has 1 aliphatic rings. The molecule has 0 unspecified atom stereocenters. The van der Waals surface area contributed by atoms with Crippen LogP contribution < -0.4 is 11.1 Å². The van der Waals surface area contributed by atoms with Crippen LogP contribution in [0.25, 0.3) is 0 Å². The lowest BCUT2D eigenvalue weighted by atomic mass is 10.2. The number of aliphatic imine (C=N–C) groups is 1. The van der Waals surface area contributed by atoms with E-state index in [1.165, 1.54) is 4.80 Å². The van der Waals surface area contributed by atoms with E-state index in [4.69, 9.17) is 28.9 Å². The number of nitrogens with one attached hydrogen (secondary N) is 1. The molecule has 6 nitrogen and oxygen atoms in total. The predicted octanol–water partition coefficient (Wildman–Crippen LogP) is 2.64. The van der Waals surface area contributed by atoms with Gasteiger partial charge in [0.05, 0.1) is 21.4 Å². The van der Waals surface area contributed by atoms with Crippen molar-refractivity contribution in [2.75, 3.05) is 5.32 Å². The van der Waals surface area contributed by atoms with Crippen molar-refractivity contribution in [2.24, 2.45) is 17.8 Å². The molecule has 0 amide bonds. The Morgan fingerprint density at radius 2 is 1.89 bits per heavy atom. The third kappa shape index (κ3) is 2.34. The molecule has 2 heterocycles. The first kappa shape index (κ1) is 13.9. The number of benzene rings is 1. The van der Waals surface area contributed by atoms with Crippen LogP contribution >= 0.6 is 35.6 Å². The fourth-order valence-corrected chi connectivity index (χ4v) is 2.02. The van der Waals surface area contributed by atoms with Crippen LogP contribution in [-0.4, -0.2) is 20.8 Å². The largest absolute Gasteiger partial charge is 0.382 e. The Bertz CT molecular complexity index is 678. The Labute approximate surface area is 125 Å². The molecule has 3 rings (SSSR count). The van der Waals surface area contributed by atoms with Crippen LogP contribution in [-0.2, 0) is 7.05 Å². The topological polar surface area (TPSA) is 81.1 Å². The number of fused-ring (bicyclic) bond motifs is 2. The average molecular weight is 320 g/mol. The van der Waals surface area contributed by atoms with E-state index >= 15 is 0 Å². The number of amidine groups is 1. The predicted molar refractivity (Wildman–Crippen MR) is 78.4 cm³/mol. The number of aromatic nitrogens is 3. The minimum Gasteiger partial charge on any atom is -0.382 e. The molecular formula is C10H9Cl3N6. The maximum Gasteiger partial charge on any atom is 0.184 e. The Balaban J connectivity index is 0.00000133. The Morgan fingerprint density at radius 1 is 1.21 bits per heavy atom. The second-order valence-corrected chi connectivity index (χ2v) is 4.61. The number of halogens is 3. The first-order valence-electron chi connectivity index (χ1n) is 5.06. The van der Waals surface area contributed by atoms with Gasteiger partial charge in [-0.25, -0.2) is 4.99 Å². The summed E-state index contributed by atoms with van der Waals surface area (Å²) in [5.74, 6) is 0.818. The van der Waals surface area contributed by atoms with Gasteiger partial charge in [0.1, 0.15) is 0 Å². The summed E-state index contributed by atoms with van der Waals surface area (Å²) in [5, 5.41) is 12.3. The van der Waals surface area contributed by atoms with Crippen molar-refractivity contribution < 1.29 is 0 Å². The Kier molecular flexibility index (Phi) is 3.58. The fraction of sp³-hybridized carbons (Fsp3) is 0.100. The second-order valence-electron chi connectivity index (χ2n) is 3.79. The van der Waals surface area contributed by atoms with Crippen LogP contribution in [0.3, 0.4) is 0 Å². The standard InChI is InChI=1S/C10H8Cl2N6.ClH/c1-18-16-8-9(13)14-6-2-4(11)5(12)3-7(6)15-10(8)17-18;/h2-3H,1H3,(H2,13,14)(H,15,17);1H. The van der Waals surface area contributed by atoms with Gasteiger partial charge in [0.15, 0.2) is 17.3 Å². The number of aryl methyl sites for hydroxylation is 1. The molecule has 0 atom stereocenters. The summed E-state index contributed by atoms with van der Waals surface area (Å²) in [6, 6.07) is 3.32. The van der Waals surface area contributed by atoms with E-state index in [1.807, 2.05) is 0 Å². The zero-order valence-electron chi connectivity index (χ0n) is 9.69. The molecule has 19 heavy (non-hydrogen) atoms. The number of nitrogens with two attached hydrogens (primary N) is 1. The molecule has 0 saturated heterocycles. The zero-order chi connectivity index (χ0) is 12.9. The molecule has 100 valence electrons. The van der Waals surface area contributed by atoms with E-state index in [0.717, 1.165) is 0 Å². The Morgan fingerprint density at radius 3 is 2.63 bits per heavy atom. The molecule has 0 saturated carbocycles. The zero-order valence-corrected chi connectivity index (χ0v) is 12.0. The van der Waals surface area contributed by atoms with Crippen molar-refractivity contribution in [1.82, 2.24) is 15.0 Å². The van der Waals surface area contributed by atoms with Crippen molar-refractivity contribution in [3.05, 3.63) is 27.9 Å². The van der Waals surface area contributed by atoms with Crippen molar-refractivity contribution in [3.63, 3.8) is 0 Å². The highest BCUT2D eigenvalue weighted by Crippen LogP contribution is 2.37. The van der Waals surface area contributed by atoms with Gasteiger partial charge in [-0.3, -0.25) is 0 Å². The van der Waals surface area contributed by atoms with E-state index < -0.39 is 0 Å². The van der Waals surface area contributed by atoms with E-state index in [0.29, 0.717) is 32.9 Å². The molecule has 3 N–H and O–H groups in total. The average Bonchev–Trinajstić information content (AvgIpc) is 2.61. The van der Waals surface area contributed by atoms with E-state index in [9.17, 15) is 0 Å². The number of hydrogen-bond acceptors (Lipinski definition) is 5. The van der Waals surface area contributed by atoms with Gasteiger partial charge in [-0.1, -0.05) is 23.2 Å². The van der Waals surface area contributed by atoms with Crippen LogP contribution in [0.1, 0.15) is 5.69 Å². The van der Waals surface area contributed by atoms with E-state index in [-0.39, 0.29) is 18.2 Å². The summed E-state index contributed by atoms with van der Waals surface area (Å²) in [6.07, 6.45) is 0. The maximum absolute atomic E-state index is 5.97. The van der Waals surface area contributed by atoms with Gasteiger partial charge >= 0.3 is 0 Å². The van der Waals surface area contributed by atoms with Gasteiger partial charge in [-0.2, -0.15) is 4.80 Å². The maximum atomic E-state index is 5.97. The van der Waals surface area contributed by atoms with E-state index in [2.05, 4.69) is 20.5 Å². The molecule has 9 heteroatoms. The third-order valence-corrected chi connectivity index (χ3v) is 3.21. The van der Waals surface area contributed by atoms with Crippen LogP contribution in [0.5, 0.6) is 0 Å². The van der Waals surface area contributed by atoms with Gasteiger partial charge < -0.3 is 11.1 Å². The summed E-state index contributed by atoms with van der Waals surface area (Å²) in [6.45, 7) is 0. The lowest BCUT2D eigenvalue weighted by Gasteiger charge is -2.06. The monoisotopic (exact) mass is 318 g/mol. The van der Waals surface area contributed by atoms with Crippen LogP contribution in [0, 0.1) is 0 Å². The van der Waals surface area contributed by atoms with Crippen LogP contribution in [0.4, 0.5) is 17.2 Å². The molecular weight excluding hydrogens is 311 g/mol. The molecule has 2 aromatic rings. The number of rotatable bonds is 0. The van der Waals surface area contributed by atoms with Crippen molar-refractivity contribution in [1.29, 1.82) is 0 Å². The number of nitrogens with zero attached hydrogens (tertiary/aromatic N) is 4. The highest BCUT2D eigenvalue weighted by molar-refractivity contribution is 6.42. The Hall–Kier alpha value is -1.50. The third-order valence-electron chi connectivity index (χ3n) is 2.49. The minimum atomic E-state index is 0.